The highest BCUT2D eigenvalue weighted by Crippen LogP contribution is 2.10. The summed E-state index contributed by atoms with van der Waals surface area (Å²) in [6, 6.07) is 9.17. The van der Waals surface area contributed by atoms with Crippen LogP contribution < -0.4 is 0 Å². The molecule has 20 heavy (non-hydrogen) atoms. The van der Waals surface area contributed by atoms with Gasteiger partial charge in [-0.1, -0.05) is 30.3 Å². The zero-order valence-corrected chi connectivity index (χ0v) is 12.9. The highest BCUT2D eigenvalue weighted by Gasteiger charge is 2.24. The van der Waals surface area contributed by atoms with Gasteiger partial charge in [-0.3, -0.25) is 4.79 Å². The molecule has 112 valence electrons. The molecule has 0 aliphatic rings. The summed E-state index contributed by atoms with van der Waals surface area (Å²) in [4.78, 5) is 11.7. The third-order valence-corrected chi connectivity index (χ3v) is 4.41. The van der Waals surface area contributed by atoms with E-state index < -0.39 is 16.0 Å². The molecule has 0 fully saturated rings. The fraction of sp³-hybridized carbons (Fsp3) is 0.500. The molecule has 0 radical (unpaired) electrons. The van der Waals surface area contributed by atoms with Gasteiger partial charge < -0.3 is 4.74 Å². The first-order valence-electron chi connectivity index (χ1n) is 6.56. The topological polar surface area (TPSA) is 63.7 Å². The highest BCUT2D eigenvalue weighted by molar-refractivity contribution is 7.89. The van der Waals surface area contributed by atoms with Crippen LogP contribution in [0.4, 0.5) is 0 Å². The lowest BCUT2D eigenvalue weighted by atomic mass is 10.2. The third kappa shape index (κ3) is 5.30. The third-order valence-electron chi connectivity index (χ3n) is 2.63. The summed E-state index contributed by atoms with van der Waals surface area (Å²) in [7, 11) is -3.46. The van der Waals surface area contributed by atoms with Gasteiger partial charge in [0.1, 0.15) is 6.54 Å². The standard InChI is InChI=1S/C14H21NO4S/c1-4-20(17,18)15(11-14(16)19-12(2)3)10-13-8-6-5-7-9-13/h5-9,12H,4,10-11H2,1-3H3. The van der Waals surface area contributed by atoms with Gasteiger partial charge >= 0.3 is 5.97 Å². The van der Waals surface area contributed by atoms with Crippen molar-refractivity contribution in [3.8, 4) is 0 Å². The van der Waals surface area contributed by atoms with Gasteiger partial charge in [0.25, 0.3) is 0 Å². The van der Waals surface area contributed by atoms with Gasteiger partial charge in [0.05, 0.1) is 11.9 Å². The lowest BCUT2D eigenvalue weighted by Crippen LogP contribution is -2.37. The van der Waals surface area contributed by atoms with Crippen molar-refractivity contribution in [1.29, 1.82) is 0 Å². The van der Waals surface area contributed by atoms with Crippen molar-refractivity contribution >= 4 is 16.0 Å². The summed E-state index contributed by atoms with van der Waals surface area (Å²) in [5.74, 6) is -0.581. The van der Waals surface area contributed by atoms with Crippen LogP contribution >= 0.6 is 0 Å². The second-order valence-electron chi connectivity index (χ2n) is 4.69. The number of sulfonamides is 1. The van der Waals surface area contributed by atoms with Crippen molar-refractivity contribution in [2.75, 3.05) is 12.3 Å². The molecule has 0 bridgehead atoms. The van der Waals surface area contributed by atoms with Gasteiger partial charge in [-0.15, -0.1) is 0 Å². The first-order valence-corrected chi connectivity index (χ1v) is 8.17. The van der Waals surface area contributed by atoms with Crippen molar-refractivity contribution in [2.24, 2.45) is 0 Å². The van der Waals surface area contributed by atoms with Gasteiger partial charge in [-0.2, -0.15) is 4.31 Å². The first kappa shape index (κ1) is 16.7. The maximum absolute atomic E-state index is 12.0. The van der Waals surface area contributed by atoms with E-state index in [0.29, 0.717) is 0 Å². The Kier molecular flexibility index (Phi) is 6.16. The van der Waals surface area contributed by atoms with Gasteiger partial charge in [0.2, 0.25) is 10.0 Å². The number of hydrogen-bond donors (Lipinski definition) is 0. The lowest BCUT2D eigenvalue weighted by molar-refractivity contribution is -0.147. The van der Waals surface area contributed by atoms with Crippen LogP contribution in [0.25, 0.3) is 0 Å². The second kappa shape index (κ2) is 7.40. The van der Waals surface area contributed by atoms with Crippen LogP contribution in [-0.4, -0.2) is 37.1 Å². The van der Waals surface area contributed by atoms with Crippen LogP contribution in [0.15, 0.2) is 30.3 Å². The van der Waals surface area contributed by atoms with E-state index in [2.05, 4.69) is 0 Å². The molecule has 0 spiro atoms. The minimum Gasteiger partial charge on any atom is -0.462 e. The monoisotopic (exact) mass is 299 g/mol. The quantitative estimate of drug-likeness (QED) is 0.720. The summed E-state index contributed by atoms with van der Waals surface area (Å²) in [5.41, 5.74) is 0.835. The van der Waals surface area contributed by atoms with Gasteiger partial charge in [0, 0.05) is 6.54 Å². The number of esters is 1. The van der Waals surface area contributed by atoms with Crippen LogP contribution in [0, 0.1) is 0 Å². The molecule has 0 aromatic heterocycles. The predicted molar refractivity (Wildman–Crippen MR) is 77.5 cm³/mol. The maximum atomic E-state index is 12.0. The van der Waals surface area contributed by atoms with E-state index in [1.54, 1.807) is 20.8 Å². The Morgan fingerprint density at radius 2 is 1.85 bits per heavy atom. The van der Waals surface area contributed by atoms with Crippen molar-refractivity contribution < 1.29 is 17.9 Å². The average Bonchev–Trinajstić information content (AvgIpc) is 2.38. The zero-order valence-electron chi connectivity index (χ0n) is 12.1. The number of benzene rings is 1. The fourth-order valence-corrected chi connectivity index (χ4v) is 2.68. The fourth-order valence-electron chi connectivity index (χ4n) is 1.67. The van der Waals surface area contributed by atoms with Crippen LogP contribution in [0.1, 0.15) is 26.3 Å². The Balaban J connectivity index is 2.84. The molecule has 0 saturated heterocycles. The normalized spacial score (nSPS) is 11.8. The Bertz CT molecular complexity index is 525. The van der Waals surface area contributed by atoms with E-state index in [0.717, 1.165) is 9.87 Å². The molecule has 0 aliphatic carbocycles. The molecular formula is C14H21NO4S. The summed E-state index contributed by atoms with van der Waals surface area (Å²) in [5, 5.41) is 0. The summed E-state index contributed by atoms with van der Waals surface area (Å²) < 4.78 is 30.3. The number of carbonyl (C=O) groups excluding carboxylic acids is 1. The van der Waals surface area contributed by atoms with Crippen LogP contribution in [-0.2, 0) is 26.1 Å². The summed E-state index contributed by atoms with van der Waals surface area (Å²) in [6.07, 6.45) is -0.259. The van der Waals surface area contributed by atoms with Gasteiger partial charge in [-0.05, 0) is 26.3 Å². The van der Waals surface area contributed by atoms with Crippen molar-refractivity contribution in [2.45, 2.75) is 33.4 Å². The maximum Gasteiger partial charge on any atom is 0.321 e. The summed E-state index contributed by atoms with van der Waals surface area (Å²) >= 11 is 0. The van der Waals surface area contributed by atoms with Gasteiger partial charge in [-0.25, -0.2) is 8.42 Å². The van der Waals surface area contributed by atoms with E-state index >= 15 is 0 Å². The Labute approximate surface area is 120 Å². The number of carbonyl (C=O) groups is 1. The van der Waals surface area contributed by atoms with E-state index in [9.17, 15) is 13.2 Å². The lowest BCUT2D eigenvalue weighted by Gasteiger charge is -2.21. The molecule has 0 unspecified atom stereocenters. The molecule has 0 amide bonds. The minimum absolute atomic E-state index is 0.0468. The zero-order chi connectivity index (χ0) is 15.2. The van der Waals surface area contributed by atoms with E-state index in [1.165, 1.54) is 0 Å². The molecule has 0 aliphatic heterocycles. The second-order valence-corrected chi connectivity index (χ2v) is 6.95. The SMILES string of the molecule is CCS(=O)(=O)N(CC(=O)OC(C)C)Cc1ccccc1. The van der Waals surface area contributed by atoms with Crippen LogP contribution in [0.2, 0.25) is 0 Å². The molecule has 1 rings (SSSR count). The van der Waals surface area contributed by atoms with E-state index in [-0.39, 0.29) is 24.9 Å². The van der Waals surface area contributed by atoms with Gasteiger partial charge in [0.15, 0.2) is 0 Å². The first-order chi connectivity index (χ1) is 9.35. The van der Waals surface area contributed by atoms with Crippen LogP contribution in [0.5, 0.6) is 0 Å². The average molecular weight is 299 g/mol. The van der Waals surface area contributed by atoms with E-state index in [1.807, 2.05) is 30.3 Å². The number of nitrogens with zero attached hydrogens (tertiary/aromatic N) is 1. The minimum atomic E-state index is -3.46. The molecule has 0 N–H and O–H groups in total. The van der Waals surface area contributed by atoms with Crippen molar-refractivity contribution in [1.82, 2.24) is 4.31 Å². The molecule has 1 aromatic carbocycles. The number of ether oxygens (including phenoxy) is 1. The summed E-state index contributed by atoms with van der Waals surface area (Å²) in [6.45, 7) is 4.93. The van der Waals surface area contributed by atoms with Crippen LogP contribution in [0.3, 0.4) is 0 Å². The molecule has 0 heterocycles. The molecule has 6 heteroatoms. The molecule has 0 atom stereocenters. The molecule has 0 saturated carbocycles. The number of hydrogen-bond acceptors (Lipinski definition) is 4. The Hall–Kier alpha value is -1.40. The molecule has 5 nitrogen and oxygen atoms in total. The van der Waals surface area contributed by atoms with Crippen molar-refractivity contribution in [3.05, 3.63) is 35.9 Å². The Morgan fingerprint density at radius 1 is 1.25 bits per heavy atom. The number of rotatable bonds is 7. The molecular weight excluding hydrogens is 278 g/mol. The largest absolute Gasteiger partial charge is 0.462 e. The van der Waals surface area contributed by atoms with E-state index in [4.69, 9.17) is 4.74 Å². The van der Waals surface area contributed by atoms with Crippen molar-refractivity contribution in [3.63, 3.8) is 0 Å². The highest BCUT2D eigenvalue weighted by atomic mass is 32.2. The smallest absolute Gasteiger partial charge is 0.321 e. The predicted octanol–water partition coefficient (Wildman–Crippen LogP) is 1.79. The molecule has 1 aromatic rings. The Morgan fingerprint density at radius 3 is 2.35 bits per heavy atom.